The van der Waals surface area contributed by atoms with Gasteiger partial charge in [0.15, 0.2) is 0 Å². The molecule has 0 aliphatic carbocycles. The number of rotatable bonds is 2. The average molecular weight is 178 g/mol. The Morgan fingerprint density at radius 2 is 1.43 bits per heavy atom. The zero-order valence-electron chi connectivity index (χ0n) is 4.04. The first-order valence-electron chi connectivity index (χ1n) is 1.48. The van der Waals surface area contributed by atoms with Crippen molar-refractivity contribution in [2.24, 2.45) is 0 Å². The molecule has 4 nitrogen and oxygen atoms in total. The quantitative estimate of drug-likeness (QED) is 0.430. The zero-order valence-corrected chi connectivity index (χ0v) is 9.32. The summed E-state index contributed by atoms with van der Waals surface area (Å²) in [7, 11) is 0.397. The van der Waals surface area contributed by atoms with Crippen molar-refractivity contribution in [3.63, 3.8) is 0 Å². The zero-order chi connectivity index (χ0) is 5.91. The van der Waals surface area contributed by atoms with E-state index in [2.05, 4.69) is 6.96 Å². The average Bonchev–Trinajstić information content (AvgIpc) is 1.68. The van der Waals surface area contributed by atoms with E-state index in [9.17, 15) is 7.61 Å². The van der Waals surface area contributed by atoms with E-state index in [0.717, 1.165) is 0 Å². The standard InChI is InChI=1S/Cr.2H3OSi.2O/c;2*1-2;;/h;2*2H3;;/q+2;2*-1;;. The maximum atomic E-state index is 10.1. The van der Waals surface area contributed by atoms with Crippen molar-refractivity contribution in [1.82, 2.24) is 0 Å². The molecule has 0 radical (unpaired) electrons. The number of hydrogen-bond acceptors (Lipinski definition) is 4. The summed E-state index contributed by atoms with van der Waals surface area (Å²) in [6, 6.07) is 0. The van der Waals surface area contributed by atoms with Gasteiger partial charge in [0.1, 0.15) is 0 Å². The van der Waals surface area contributed by atoms with Crippen LogP contribution in [-0.4, -0.2) is 21.0 Å². The van der Waals surface area contributed by atoms with Crippen molar-refractivity contribution in [2.75, 3.05) is 0 Å². The minimum atomic E-state index is -4.18. The molecule has 0 saturated carbocycles. The Kier molecular flexibility index (Phi) is 2.90. The first kappa shape index (κ1) is 7.49. The summed E-state index contributed by atoms with van der Waals surface area (Å²) in [6.07, 6.45) is 0. The van der Waals surface area contributed by atoms with Crippen molar-refractivity contribution < 1.29 is 28.2 Å². The Bertz CT molecular complexity index is 113. The van der Waals surface area contributed by atoms with Crippen molar-refractivity contribution in [2.45, 2.75) is 0 Å². The molecule has 0 saturated heterocycles. The molecule has 0 aromatic heterocycles. The topological polar surface area (TPSA) is 52.6 Å². The maximum absolute atomic E-state index is 10.1. The SMILES string of the molecule is [O]=[Cr](=[O])([O][SiH3])[O][SiH3]. The van der Waals surface area contributed by atoms with Crippen LogP contribution in [0.4, 0.5) is 0 Å². The van der Waals surface area contributed by atoms with Crippen LogP contribution >= 0.6 is 0 Å². The predicted molar refractivity (Wildman–Crippen MR) is 23.4 cm³/mol. The molecule has 7 heteroatoms. The second-order valence-electron chi connectivity index (χ2n) is 0.742. The van der Waals surface area contributed by atoms with Crippen LogP contribution < -0.4 is 0 Å². The molecular weight excluding hydrogens is 172 g/mol. The normalized spacial score (nSPS) is 12.6. The fourth-order valence-corrected chi connectivity index (χ4v) is 2.52. The molecule has 0 aromatic carbocycles. The molecule has 0 heterocycles. The fraction of sp³-hybridized carbons (Fsp3) is 0. The minimum absolute atomic E-state index is 0.199. The Hall–Kier alpha value is 0.486. The molecule has 0 aliphatic rings. The van der Waals surface area contributed by atoms with Gasteiger partial charge in [0.2, 0.25) is 0 Å². The first-order chi connectivity index (χ1) is 3.12. The number of hydrogen-bond donors (Lipinski definition) is 0. The first-order valence-corrected chi connectivity index (χ1v) is 5.20. The van der Waals surface area contributed by atoms with E-state index < -0.39 is 13.6 Å². The molecule has 0 bridgehead atoms. The molecule has 0 aliphatic heterocycles. The van der Waals surface area contributed by atoms with Crippen molar-refractivity contribution in [3.8, 4) is 0 Å². The van der Waals surface area contributed by atoms with E-state index in [-0.39, 0.29) is 21.0 Å². The van der Waals surface area contributed by atoms with Gasteiger partial charge in [-0.1, -0.05) is 0 Å². The van der Waals surface area contributed by atoms with E-state index in [1.54, 1.807) is 0 Å². The van der Waals surface area contributed by atoms with Gasteiger partial charge in [-0.25, -0.2) is 0 Å². The van der Waals surface area contributed by atoms with Gasteiger partial charge in [-0.15, -0.1) is 0 Å². The van der Waals surface area contributed by atoms with Crippen LogP contribution in [0.1, 0.15) is 0 Å². The van der Waals surface area contributed by atoms with E-state index in [4.69, 9.17) is 0 Å². The summed E-state index contributed by atoms with van der Waals surface area (Å²) in [5.74, 6) is 0. The van der Waals surface area contributed by atoms with E-state index in [1.165, 1.54) is 0 Å². The van der Waals surface area contributed by atoms with Gasteiger partial charge in [-0.3, -0.25) is 0 Å². The van der Waals surface area contributed by atoms with Gasteiger partial charge in [0.05, 0.1) is 0 Å². The Morgan fingerprint density at radius 3 is 1.43 bits per heavy atom. The summed E-state index contributed by atoms with van der Waals surface area (Å²) in [5.41, 5.74) is 0. The molecule has 0 amide bonds. The van der Waals surface area contributed by atoms with Gasteiger partial charge in [-0.05, 0) is 0 Å². The Labute approximate surface area is 49.7 Å². The van der Waals surface area contributed by atoms with Crippen molar-refractivity contribution >= 4 is 21.0 Å². The van der Waals surface area contributed by atoms with E-state index in [1.807, 2.05) is 0 Å². The molecule has 44 valence electrons. The van der Waals surface area contributed by atoms with Gasteiger partial charge in [-0.2, -0.15) is 0 Å². The molecule has 0 unspecified atom stereocenters. The monoisotopic (exact) mass is 178 g/mol. The fourth-order valence-electron chi connectivity index (χ4n) is 0.0680. The van der Waals surface area contributed by atoms with Crippen LogP contribution in [0.3, 0.4) is 0 Å². The third-order valence-corrected chi connectivity index (χ3v) is 5.05. The summed E-state index contributed by atoms with van der Waals surface area (Å²) in [4.78, 5) is 0. The van der Waals surface area contributed by atoms with Crippen LogP contribution in [0.15, 0.2) is 0 Å². The molecular formula is H6CrO4Si2. The second-order valence-corrected chi connectivity index (χ2v) is 5.81. The van der Waals surface area contributed by atoms with Crippen molar-refractivity contribution in [1.29, 1.82) is 0 Å². The van der Waals surface area contributed by atoms with Crippen molar-refractivity contribution in [3.05, 3.63) is 0 Å². The summed E-state index contributed by atoms with van der Waals surface area (Å²) < 4.78 is 28.3. The predicted octanol–water partition coefficient (Wildman–Crippen LogP) is -2.74. The third-order valence-electron chi connectivity index (χ3n) is 0.408. The van der Waals surface area contributed by atoms with E-state index in [0.29, 0.717) is 0 Å². The molecule has 0 rings (SSSR count). The third kappa shape index (κ3) is 3.10. The Balaban J connectivity index is 3.89. The second kappa shape index (κ2) is 2.71. The molecule has 0 fully saturated rings. The van der Waals surface area contributed by atoms with Gasteiger partial charge < -0.3 is 0 Å². The van der Waals surface area contributed by atoms with Gasteiger partial charge in [0.25, 0.3) is 0 Å². The molecule has 0 aromatic rings. The molecule has 0 atom stereocenters. The molecule has 7 heavy (non-hydrogen) atoms. The van der Waals surface area contributed by atoms with E-state index >= 15 is 0 Å². The van der Waals surface area contributed by atoms with Crippen LogP contribution in [0.5, 0.6) is 0 Å². The molecule has 0 spiro atoms. The van der Waals surface area contributed by atoms with Gasteiger partial charge >= 0.3 is 49.1 Å². The summed E-state index contributed by atoms with van der Waals surface area (Å²) >= 11 is -4.18. The summed E-state index contributed by atoms with van der Waals surface area (Å²) in [6.45, 7) is 0. The summed E-state index contributed by atoms with van der Waals surface area (Å²) in [5, 5.41) is 0. The van der Waals surface area contributed by atoms with Crippen LogP contribution in [0.25, 0.3) is 0 Å². The van der Waals surface area contributed by atoms with Crippen LogP contribution in [-0.2, 0) is 28.2 Å². The van der Waals surface area contributed by atoms with Gasteiger partial charge in [0, 0.05) is 0 Å². The van der Waals surface area contributed by atoms with Crippen LogP contribution in [0.2, 0.25) is 0 Å². The van der Waals surface area contributed by atoms with Crippen LogP contribution in [0, 0.1) is 0 Å². The Morgan fingerprint density at radius 1 is 1.14 bits per heavy atom. The molecule has 0 N–H and O–H groups in total.